The van der Waals surface area contributed by atoms with Crippen molar-refractivity contribution in [3.63, 3.8) is 0 Å². The standard InChI is InChI=1S/C11H11N5O4S/c1-6-13-14-11(21)15(6)12-5-7-3-8(16(18)19)10(17)9(4-7)20-2/h3-5,17H,1-2H3,(H,14,21)/b12-5+. The van der Waals surface area contributed by atoms with Crippen LogP contribution in [0.15, 0.2) is 17.2 Å². The number of hydrogen-bond acceptors (Lipinski definition) is 7. The first kappa shape index (κ1) is 14.7. The van der Waals surface area contributed by atoms with Gasteiger partial charge in [0.1, 0.15) is 5.82 Å². The first-order valence-electron chi connectivity index (χ1n) is 5.67. The van der Waals surface area contributed by atoms with Gasteiger partial charge < -0.3 is 9.84 Å². The topological polar surface area (TPSA) is 119 Å². The summed E-state index contributed by atoms with van der Waals surface area (Å²) in [7, 11) is 1.30. The average Bonchev–Trinajstić information content (AvgIpc) is 2.76. The number of methoxy groups -OCH3 is 1. The van der Waals surface area contributed by atoms with Gasteiger partial charge >= 0.3 is 5.69 Å². The Hall–Kier alpha value is -2.75. The van der Waals surface area contributed by atoms with Crippen molar-refractivity contribution in [2.45, 2.75) is 6.92 Å². The predicted molar refractivity (Wildman–Crippen MR) is 76.5 cm³/mol. The van der Waals surface area contributed by atoms with Gasteiger partial charge in [-0.05, 0) is 25.2 Å². The molecule has 1 aromatic carbocycles. The SMILES string of the molecule is COc1cc(/C=N/n2c(C)n[nH]c2=S)cc([N+](=O)[O-])c1O. The summed E-state index contributed by atoms with van der Waals surface area (Å²) in [4.78, 5) is 10.2. The van der Waals surface area contributed by atoms with Crippen LogP contribution in [0.3, 0.4) is 0 Å². The van der Waals surface area contributed by atoms with Gasteiger partial charge in [-0.2, -0.15) is 14.9 Å². The molecule has 0 fully saturated rings. The van der Waals surface area contributed by atoms with Crippen molar-refractivity contribution in [1.82, 2.24) is 14.9 Å². The summed E-state index contributed by atoms with van der Waals surface area (Å²) in [5.41, 5.74) is -0.0952. The smallest absolute Gasteiger partial charge is 0.315 e. The number of nitrogens with zero attached hydrogens (tertiary/aromatic N) is 4. The summed E-state index contributed by atoms with van der Waals surface area (Å²) in [6.07, 6.45) is 1.35. The number of benzene rings is 1. The monoisotopic (exact) mass is 309 g/mol. The molecule has 110 valence electrons. The van der Waals surface area contributed by atoms with E-state index in [0.29, 0.717) is 16.2 Å². The lowest BCUT2D eigenvalue weighted by molar-refractivity contribution is -0.386. The number of nitrogens with one attached hydrogen (secondary N) is 1. The van der Waals surface area contributed by atoms with Crippen LogP contribution in [0.1, 0.15) is 11.4 Å². The number of ether oxygens (including phenoxy) is 1. The lowest BCUT2D eigenvalue weighted by Crippen LogP contribution is -1.97. The molecule has 0 aliphatic heterocycles. The van der Waals surface area contributed by atoms with Crippen LogP contribution in [-0.4, -0.2) is 38.2 Å². The van der Waals surface area contributed by atoms with Gasteiger partial charge in [0.25, 0.3) is 0 Å². The van der Waals surface area contributed by atoms with E-state index in [2.05, 4.69) is 15.3 Å². The molecule has 10 heteroatoms. The minimum atomic E-state index is -0.704. The quantitative estimate of drug-likeness (QED) is 0.384. The Labute approximate surface area is 123 Å². The third-order valence-electron chi connectivity index (χ3n) is 2.63. The van der Waals surface area contributed by atoms with Gasteiger partial charge in [-0.1, -0.05) is 0 Å². The molecule has 2 aromatic rings. The van der Waals surface area contributed by atoms with Crippen LogP contribution in [0.2, 0.25) is 0 Å². The van der Waals surface area contributed by atoms with Crippen molar-refractivity contribution in [2.24, 2.45) is 5.10 Å². The van der Waals surface area contributed by atoms with E-state index in [4.69, 9.17) is 17.0 Å². The van der Waals surface area contributed by atoms with Crippen molar-refractivity contribution in [1.29, 1.82) is 0 Å². The lowest BCUT2D eigenvalue weighted by Gasteiger charge is -2.05. The van der Waals surface area contributed by atoms with Crippen LogP contribution in [0.25, 0.3) is 0 Å². The lowest BCUT2D eigenvalue weighted by atomic mass is 10.2. The van der Waals surface area contributed by atoms with E-state index >= 15 is 0 Å². The van der Waals surface area contributed by atoms with Crippen molar-refractivity contribution in [3.05, 3.63) is 38.4 Å². The number of nitro benzene ring substituents is 1. The fraction of sp³-hybridized carbons (Fsp3) is 0.182. The highest BCUT2D eigenvalue weighted by molar-refractivity contribution is 7.71. The van der Waals surface area contributed by atoms with Crippen molar-refractivity contribution in [2.75, 3.05) is 7.11 Å². The fourth-order valence-corrected chi connectivity index (χ4v) is 1.84. The van der Waals surface area contributed by atoms with Crippen LogP contribution in [0.5, 0.6) is 11.5 Å². The summed E-state index contributed by atoms with van der Waals surface area (Å²) in [6.45, 7) is 1.70. The van der Waals surface area contributed by atoms with E-state index in [0.717, 1.165) is 0 Å². The summed E-state index contributed by atoms with van der Waals surface area (Å²) < 4.78 is 6.56. The average molecular weight is 309 g/mol. The Morgan fingerprint density at radius 3 is 2.86 bits per heavy atom. The molecule has 0 spiro atoms. The number of H-pyrrole nitrogens is 1. The maximum absolute atomic E-state index is 10.9. The molecular formula is C11H11N5O4S. The summed E-state index contributed by atoms with van der Waals surface area (Å²) in [5, 5.41) is 31.1. The number of aromatic amines is 1. The van der Waals surface area contributed by atoms with Crippen molar-refractivity contribution < 1.29 is 14.8 Å². The third-order valence-corrected chi connectivity index (χ3v) is 2.89. The van der Waals surface area contributed by atoms with Gasteiger partial charge in [0.05, 0.1) is 18.2 Å². The van der Waals surface area contributed by atoms with E-state index in [9.17, 15) is 15.2 Å². The summed E-state index contributed by atoms with van der Waals surface area (Å²) >= 11 is 4.98. The highest BCUT2D eigenvalue weighted by atomic mass is 32.1. The van der Waals surface area contributed by atoms with Crippen LogP contribution in [0, 0.1) is 21.8 Å². The Balaban J connectivity index is 2.48. The van der Waals surface area contributed by atoms with Gasteiger partial charge in [-0.3, -0.25) is 15.2 Å². The molecule has 0 saturated carbocycles. The highest BCUT2D eigenvalue weighted by Crippen LogP contribution is 2.36. The number of aromatic hydroxyl groups is 1. The summed E-state index contributed by atoms with van der Waals surface area (Å²) in [5.74, 6) is -0.00888. The Morgan fingerprint density at radius 1 is 1.62 bits per heavy atom. The molecule has 21 heavy (non-hydrogen) atoms. The number of hydrogen-bond donors (Lipinski definition) is 2. The van der Waals surface area contributed by atoms with Crippen LogP contribution >= 0.6 is 12.2 Å². The zero-order chi connectivity index (χ0) is 15.6. The zero-order valence-electron chi connectivity index (χ0n) is 11.1. The number of nitro groups is 1. The van der Waals surface area contributed by atoms with Crippen molar-refractivity contribution >= 4 is 24.1 Å². The summed E-state index contributed by atoms with van der Waals surface area (Å²) in [6, 6.07) is 2.60. The Bertz CT molecular complexity index is 779. The van der Waals surface area contributed by atoms with Crippen LogP contribution in [0.4, 0.5) is 5.69 Å². The van der Waals surface area contributed by atoms with Gasteiger partial charge in [0, 0.05) is 11.6 Å². The normalized spacial score (nSPS) is 11.0. The molecule has 0 saturated heterocycles. The van der Waals surface area contributed by atoms with Gasteiger partial charge in [-0.25, -0.2) is 0 Å². The fourth-order valence-electron chi connectivity index (χ4n) is 1.61. The molecule has 0 aliphatic carbocycles. The molecule has 9 nitrogen and oxygen atoms in total. The second kappa shape index (κ2) is 5.71. The second-order valence-electron chi connectivity index (χ2n) is 3.98. The minimum absolute atomic E-state index is 0.0156. The predicted octanol–water partition coefficient (Wildman–Crippen LogP) is 1.75. The van der Waals surface area contributed by atoms with Gasteiger partial charge in [0.15, 0.2) is 5.75 Å². The molecule has 1 heterocycles. The molecule has 0 amide bonds. The molecule has 0 aliphatic rings. The molecule has 2 N–H and O–H groups in total. The number of phenolic OH excluding ortho intramolecular Hbond substituents is 1. The molecule has 0 atom stereocenters. The van der Waals surface area contributed by atoms with Crippen LogP contribution < -0.4 is 4.74 Å². The van der Waals surface area contributed by atoms with E-state index in [-0.39, 0.29) is 5.75 Å². The molecule has 2 rings (SSSR count). The largest absolute Gasteiger partial charge is 0.500 e. The third kappa shape index (κ3) is 2.89. The first-order chi connectivity index (χ1) is 9.93. The molecule has 0 radical (unpaired) electrons. The van der Waals surface area contributed by atoms with E-state index in [1.165, 1.54) is 30.1 Å². The Morgan fingerprint density at radius 2 is 2.33 bits per heavy atom. The second-order valence-corrected chi connectivity index (χ2v) is 4.37. The van der Waals surface area contributed by atoms with E-state index in [1.807, 2.05) is 0 Å². The number of aromatic nitrogens is 3. The van der Waals surface area contributed by atoms with Crippen LogP contribution in [-0.2, 0) is 0 Å². The Kier molecular flexibility index (Phi) is 3.98. The van der Waals surface area contributed by atoms with Crippen molar-refractivity contribution in [3.8, 4) is 11.5 Å². The van der Waals surface area contributed by atoms with E-state index in [1.54, 1.807) is 6.92 Å². The molecule has 0 unspecified atom stereocenters. The van der Waals surface area contributed by atoms with Gasteiger partial charge in [0.2, 0.25) is 10.5 Å². The zero-order valence-corrected chi connectivity index (χ0v) is 11.9. The number of rotatable bonds is 4. The maximum atomic E-state index is 10.9. The minimum Gasteiger partial charge on any atom is -0.500 e. The first-order valence-corrected chi connectivity index (χ1v) is 6.08. The molecule has 1 aromatic heterocycles. The maximum Gasteiger partial charge on any atom is 0.315 e. The van der Waals surface area contributed by atoms with Gasteiger partial charge in [-0.15, -0.1) is 0 Å². The molecular weight excluding hydrogens is 298 g/mol. The number of phenols is 1. The number of aryl methyl sites for hydroxylation is 1. The molecule has 0 bridgehead atoms. The van der Waals surface area contributed by atoms with E-state index < -0.39 is 16.4 Å². The highest BCUT2D eigenvalue weighted by Gasteiger charge is 2.19.